The van der Waals surface area contributed by atoms with E-state index in [4.69, 9.17) is 5.73 Å². The highest BCUT2D eigenvalue weighted by Crippen LogP contribution is 2.12. The first-order chi connectivity index (χ1) is 7.50. The molecule has 1 aromatic carbocycles. The van der Waals surface area contributed by atoms with Gasteiger partial charge in [0.2, 0.25) is 5.91 Å². The van der Waals surface area contributed by atoms with E-state index in [9.17, 15) is 19.7 Å². The number of nitro groups is 1. The van der Waals surface area contributed by atoms with E-state index >= 15 is 0 Å². The van der Waals surface area contributed by atoms with Gasteiger partial charge in [-0.25, -0.2) is 0 Å². The van der Waals surface area contributed by atoms with Gasteiger partial charge in [-0.05, 0) is 18.2 Å². The van der Waals surface area contributed by atoms with Gasteiger partial charge in [0.15, 0.2) is 5.78 Å². The molecule has 0 aromatic heterocycles. The Morgan fingerprint density at radius 1 is 1.19 bits per heavy atom. The fraction of sp³-hybridized carbons (Fsp3) is 0. The smallest absolute Gasteiger partial charge is 0.269 e. The third-order valence-corrected chi connectivity index (χ3v) is 1.76. The second-order valence-electron chi connectivity index (χ2n) is 2.90. The van der Waals surface area contributed by atoms with Gasteiger partial charge in [0, 0.05) is 23.8 Å². The lowest BCUT2D eigenvalue weighted by Gasteiger charge is -1.94. The molecule has 0 atom stereocenters. The van der Waals surface area contributed by atoms with Crippen molar-refractivity contribution in [1.29, 1.82) is 0 Å². The number of ketones is 1. The molecule has 0 heterocycles. The zero-order valence-corrected chi connectivity index (χ0v) is 8.12. The zero-order chi connectivity index (χ0) is 12.1. The van der Waals surface area contributed by atoms with Gasteiger partial charge in [0.1, 0.15) is 0 Å². The molecule has 0 saturated carbocycles. The van der Waals surface area contributed by atoms with Crippen LogP contribution < -0.4 is 5.73 Å². The van der Waals surface area contributed by atoms with Crippen LogP contribution in [0.4, 0.5) is 5.69 Å². The van der Waals surface area contributed by atoms with Crippen molar-refractivity contribution in [3.8, 4) is 0 Å². The van der Waals surface area contributed by atoms with Gasteiger partial charge in [-0.2, -0.15) is 0 Å². The van der Waals surface area contributed by atoms with Crippen LogP contribution in [0.5, 0.6) is 0 Å². The van der Waals surface area contributed by atoms with E-state index in [1.807, 2.05) is 0 Å². The van der Waals surface area contributed by atoms with E-state index in [-0.39, 0.29) is 11.3 Å². The zero-order valence-electron chi connectivity index (χ0n) is 8.12. The largest absolute Gasteiger partial charge is 0.366 e. The summed E-state index contributed by atoms with van der Waals surface area (Å²) in [5, 5.41) is 10.3. The summed E-state index contributed by atoms with van der Waals surface area (Å²) in [7, 11) is 0. The molecule has 0 radical (unpaired) electrons. The van der Waals surface area contributed by atoms with Gasteiger partial charge < -0.3 is 5.73 Å². The predicted octanol–water partition coefficient (Wildman–Crippen LogP) is 0.819. The van der Waals surface area contributed by atoms with Crippen LogP contribution in [0.2, 0.25) is 0 Å². The molecule has 0 bridgehead atoms. The molecule has 1 aromatic rings. The van der Waals surface area contributed by atoms with E-state index < -0.39 is 16.6 Å². The van der Waals surface area contributed by atoms with Crippen LogP contribution in [-0.2, 0) is 4.79 Å². The number of amides is 1. The Labute approximate surface area is 90.5 Å². The average molecular weight is 220 g/mol. The van der Waals surface area contributed by atoms with Crippen molar-refractivity contribution in [3.05, 3.63) is 52.1 Å². The first-order valence-corrected chi connectivity index (χ1v) is 4.27. The number of rotatable bonds is 4. The Balaban J connectivity index is 2.86. The van der Waals surface area contributed by atoms with Crippen molar-refractivity contribution in [2.75, 3.05) is 0 Å². The number of allylic oxidation sites excluding steroid dienone is 1. The SMILES string of the molecule is NC(=O)/C=C/C(=O)c1ccc([N+](=O)[O-])cc1. The summed E-state index contributed by atoms with van der Waals surface area (Å²) in [6.45, 7) is 0. The van der Waals surface area contributed by atoms with Crippen molar-refractivity contribution in [1.82, 2.24) is 0 Å². The fourth-order valence-corrected chi connectivity index (χ4v) is 1.00. The number of nitrogens with zero attached hydrogens (tertiary/aromatic N) is 1. The van der Waals surface area contributed by atoms with E-state index in [0.717, 1.165) is 12.2 Å². The molecule has 82 valence electrons. The van der Waals surface area contributed by atoms with E-state index in [1.165, 1.54) is 24.3 Å². The third-order valence-electron chi connectivity index (χ3n) is 1.76. The molecule has 2 N–H and O–H groups in total. The maximum absolute atomic E-state index is 11.4. The summed E-state index contributed by atoms with van der Waals surface area (Å²) in [4.78, 5) is 31.5. The number of benzene rings is 1. The Hall–Kier alpha value is -2.50. The Morgan fingerprint density at radius 2 is 1.75 bits per heavy atom. The molecular weight excluding hydrogens is 212 g/mol. The highest BCUT2D eigenvalue weighted by molar-refractivity contribution is 6.07. The molecule has 0 aliphatic heterocycles. The standard InChI is InChI=1S/C10H8N2O4/c11-10(14)6-5-9(13)7-1-3-8(4-2-7)12(15)16/h1-6H,(H2,11,14)/b6-5+. The van der Waals surface area contributed by atoms with Crippen LogP contribution in [0.25, 0.3) is 0 Å². The van der Waals surface area contributed by atoms with Crippen molar-refractivity contribution in [2.24, 2.45) is 5.73 Å². The van der Waals surface area contributed by atoms with Gasteiger partial charge in [-0.3, -0.25) is 19.7 Å². The van der Waals surface area contributed by atoms with Gasteiger partial charge in [-0.1, -0.05) is 0 Å². The molecule has 0 aliphatic carbocycles. The maximum Gasteiger partial charge on any atom is 0.269 e. The third kappa shape index (κ3) is 3.02. The number of non-ortho nitro benzene ring substituents is 1. The first-order valence-electron chi connectivity index (χ1n) is 4.27. The maximum atomic E-state index is 11.4. The van der Waals surface area contributed by atoms with Crippen molar-refractivity contribution >= 4 is 17.4 Å². The number of hydrogen-bond donors (Lipinski definition) is 1. The number of carbonyl (C=O) groups excluding carboxylic acids is 2. The van der Waals surface area contributed by atoms with Gasteiger partial charge >= 0.3 is 0 Å². The summed E-state index contributed by atoms with van der Waals surface area (Å²) in [6.07, 6.45) is 1.95. The minimum absolute atomic E-state index is 0.101. The highest BCUT2D eigenvalue weighted by Gasteiger charge is 2.07. The second kappa shape index (κ2) is 4.83. The van der Waals surface area contributed by atoms with Crippen molar-refractivity contribution < 1.29 is 14.5 Å². The molecule has 0 fully saturated rings. The number of hydrogen-bond acceptors (Lipinski definition) is 4. The minimum atomic E-state index is -0.727. The normalized spacial score (nSPS) is 10.2. The lowest BCUT2D eigenvalue weighted by Crippen LogP contribution is -2.07. The molecule has 6 nitrogen and oxygen atoms in total. The van der Waals surface area contributed by atoms with E-state index in [2.05, 4.69) is 0 Å². The van der Waals surface area contributed by atoms with Crippen LogP contribution in [0, 0.1) is 10.1 Å². The minimum Gasteiger partial charge on any atom is -0.366 e. The molecule has 0 unspecified atom stereocenters. The van der Waals surface area contributed by atoms with Crippen LogP contribution in [0.1, 0.15) is 10.4 Å². The Morgan fingerprint density at radius 3 is 2.19 bits per heavy atom. The van der Waals surface area contributed by atoms with Gasteiger partial charge in [0.05, 0.1) is 4.92 Å². The monoisotopic (exact) mass is 220 g/mol. The van der Waals surface area contributed by atoms with E-state index in [1.54, 1.807) is 0 Å². The quantitative estimate of drug-likeness (QED) is 0.351. The molecule has 0 aliphatic rings. The van der Waals surface area contributed by atoms with Gasteiger partial charge in [-0.15, -0.1) is 0 Å². The summed E-state index contributed by atoms with van der Waals surface area (Å²) < 4.78 is 0. The number of primary amides is 1. The Bertz CT molecular complexity index is 462. The first kappa shape index (κ1) is 11.6. The van der Waals surface area contributed by atoms with Crippen LogP contribution in [0.3, 0.4) is 0 Å². The highest BCUT2D eigenvalue weighted by atomic mass is 16.6. The molecule has 1 amide bonds. The van der Waals surface area contributed by atoms with Crippen molar-refractivity contribution in [2.45, 2.75) is 0 Å². The number of nitrogens with two attached hydrogens (primary N) is 1. The fourth-order valence-electron chi connectivity index (χ4n) is 1.00. The molecule has 6 heteroatoms. The van der Waals surface area contributed by atoms with E-state index in [0.29, 0.717) is 0 Å². The molecular formula is C10H8N2O4. The molecule has 0 saturated heterocycles. The summed E-state index contributed by atoms with van der Waals surface area (Å²) in [5.74, 6) is -1.16. The molecule has 1 rings (SSSR count). The van der Waals surface area contributed by atoms with Crippen LogP contribution in [-0.4, -0.2) is 16.6 Å². The predicted molar refractivity (Wildman–Crippen MR) is 55.8 cm³/mol. The van der Waals surface area contributed by atoms with Crippen molar-refractivity contribution in [3.63, 3.8) is 0 Å². The number of nitro benzene ring substituents is 1. The topological polar surface area (TPSA) is 103 Å². The second-order valence-corrected chi connectivity index (χ2v) is 2.90. The lowest BCUT2D eigenvalue weighted by atomic mass is 10.1. The van der Waals surface area contributed by atoms with Crippen LogP contribution >= 0.6 is 0 Å². The van der Waals surface area contributed by atoms with Crippen LogP contribution in [0.15, 0.2) is 36.4 Å². The molecule has 0 spiro atoms. The Kier molecular flexibility index (Phi) is 3.49. The number of carbonyl (C=O) groups is 2. The van der Waals surface area contributed by atoms with Gasteiger partial charge in [0.25, 0.3) is 5.69 Å². The average Bonchev–Trinajstić information content (AvgIpc) is 2.26. The lowest BCUT2D eigenvalue weighted by molar-refractivity contribution is -0.384. The summed E-state index contributed by atoms with van der Waals surface area (Å²) in [6, 6.07) is 5.05. The molecule has 16 heavy (non-hydrogen) atoms. The summed E-state index contributed by atoms with van der Waals surface area (Å²) >= 11 is 0. The summed E-state index contributed by atoms with van der Waals surface area (Å²) in [5.41, 5.74) is 4.97.